The fraction of sp³-hybridized carbons (Fsp3) is 0.694. The van der Waals surface area contributed by atoms with Crippen LogP contribution in [-0.4, -0.2) is 37.2 Å². The van der Waals surface area contributed by atoms with Gasteiger partial charge in [0, 0.05) is 19.3 Å². The summed E-state index contributed by atoms with van der Waals surface area (Å²) >= 11 is 0. The van der Waals surface area contributed by atoms with Crippen molar-refractivity contribution in [3.63, 3.8) is 0 Å². The van der Waals surface area contributed by atoms with Crippen LogP contribution in [0.1, 0.15) is 201 Å². The third-order valence-electron chi connectivity index (χ3n) is 9.21. The monoisotopic (exact) mass is 767 g/mol. The van der Waals surface area contributed by atoms with Crippen molar-refractivity contribution in [2.75, 3.05) is 13.2 Å². The van der Waals surface area contributed by atoms with E-state index in [9.17, 15) is 14.4 Å². The van der Waals surface area contributed by atoms with E-state index in [1.165, 1.54) is 38.5 Å². The number of hydrogen-bond acceptors (Lipinski definition) is 6. The summed E-state index contributed by atoms with van der Waals surface area (Å²) in [6, 6.07) is 0. The van der Waals surface area contributed by atoms with E-state index >= 15 is 0 Å². The van der Waals surface area contributed by atoms with E-state index in [0.29, 0.717) is 19.3 Å². The van der Waals surface area contributed by atoms with Gasteiger partial charge in [-0.25, -0.2) is 0 Å². The van der Waals surface area contributed by atoms with E-state index in [2.05, 4.69) is 93.7 Å². The minimum absolute atomic E-state index is 0.0928. The van der Waals surface area contributed by atoms with Gasteiger partial charge in [-0.1, -0.05) is 171 Å². The zero-order valence-corrected chi connectivity index (χ0v) is 35.7. The van der Waals surface area contributed by atoms with Crippen molar-refractivity contribution in [2.45, 2.75) is 207 Å². The second kappa shape index (κ2) is 43.6. The lowest BCUT2D eigenvalue weighted by Gasteiger charge is -2.18. The second-order valence-electron chi connectivity index (χ2n) is 14.5. The van der Waals surface area contributed by atoms with E-state index < -0.39 is 6.10 Å². The number of esters is 3. The van der Waals surface area contributed by atoms with Crippen molar-refractivity contribution >= 4 is 17.9 Å². The molecule has 0 saturated heterocycles. The third kappa shape index (κ3) is 41.8. The summed E-state index contributed by atoms with van der Waals surface area (Å²) in [6.45, 7) is 6.33. The van der Waals surface area contributed by atoms with Crippen LogP contribution in [-0.2, 0) is 28.6 Å². The van der Waals surface area contributed by atoms with Gasteiger partial charge in [0.05, 0.1) is 0 Å². The van der Waals surface area contributed by atoms with Gasteiger partial charge in [-0.15, -0.1) is 0 Å². The predicted molar refractivity (Wildman–Crippen MR) is 233 cm³/mol. The van der Waals surface area contributed by atoms with E-state index in [1.807, 2.05) is 0 Å². The van der Waals surface area contributed by atoms with Gasteiger partial charge >= 0.3 is 17.9 Å². The molecule has 0 N–H and O–H groups in total. The topological polar surface area (TPSA) is 78.9 Å². The van der Waals surface area contributed by atoms with Crippen LogP contribution in [0, 0.1) is 0 Å². The number of carbonyl (C=O) groups excluding carboxylic acids is 3. The molecule has 0 aliphatic rings. The van der Waals surface area contributed by atoms with Gasteiger partial charge in [-0.05, 0) is 83.5 Å². The molecule has 1 atom stereocenters. The first-order valence-corrected chi connectivity index (χ1v) is 22.4. The van der Waals surface area contributed by atoms with Crippen molar-refractivity contribution in [2.24, 2.45) is 0 Å². The molecule has 6 nitrogen and oxygen atoms in total. The van der Waals surface area contributed by atoms with Crippen molar-refractivity contribution in [3.05, 3.63) is 72.9 Å². The van der Waals surface area contributed by atoms with Crippen molar-refractivity contribution in [1.82, 2.24) is 0 Å². The molecule has 0 aromatic carbocycles. The largest absolute Gasteiger partial charge is 0.462 e. The van der Waals surface area contributed by atoms with Crippen molar-refractivity contribution in [1.29, 1.82) is 0 Å². The van der Waals surface area contributed by atoms with Gasteiger partial charge in [-0.2, -0.15) is 0 Å². The van der Waals surface area contributed by atoms with Crippen LogP contribution >= 0.6 is 0 Å². The summed E-state index contributed by atoms with van der Waals surface area (Å²) < 4.78 is 16.6. The third-order valence-corrected chi connectivity index (χ3v) is 9.21. The Labute approximate surface area is 338 Å². The normalized spacial score (nSPS) is 12.7. The Kier molecular flexibility index (Phi) is 41.1. The Morgan fingerprint density at radius 2 is 0.709 bits per heavy atom. The quantitative estimate of drug-likeness (QED) is 0.0268. The van der Waals surface area contributed by atoms with Crippen LogP contribution in [0.15, 0.2) is 72.9 Å². The number of hydrogen-bond donors (Lipinski definition) is 0. The highest BCUT2D eigenvalue weighted by molar-refractivity contribution is 5.71. The first-order chi connectivity index (χ1) is 27.0. The Morgan fingerprint density at radius 1 is 0.382 bits per heavy atom. The first-order valence-electron chi connectivity index (χ1n) is 22.4. The molecule has 0 radical (unpaired) electrons. The first kappa shape index (κ1) is 51.9. The molecule has 0 fully saturated rings. The molecular formula is C49H82O6. The highest BCUT2D eigenvalue weighted by Gasteiger charge is 2.19. The van der Waals surface area contributed by atoms with Crippen LogP contribution in [0.25, 0.3) is 0 Å². The summed E-state index contributed by atoms with van der Waals surface area (Å²) in [5.74, 6) is -0.949. The van der Waals surface area contributed by atoms with Crippen LogP contribution < -0.4 is 0 Å². The van der Waals surface area contributed by atoms with Crippen LogP contribution in [0.4, 0.5) is 0 Å². The molecule has 0 amide bonds. The molecule has 0 aromatic rings. The summed E-state index contributed by atoms with van der Waals surface area (Å²) in [5.41, 5.74) is 0. The molecule has 1 unspecified atom stereocenters. The molecule has 0 bridgehead atoms. The van der Waals surface area contributed by atoms with Gasteiger partial charge < -0.3 is 14.2 Å². The molecule has 55 heavy (non-hydrogen) atoms. The van der Waals surface area contributed by atoms with Gasteiger partial charge in [0.1, 0.15) is 13.2 Å². The van der Waals surface area contributed by atoms with Gasteiger partial charge in [0.2, 0.25) is 0 Å². The number of unbranched alkanes of at least 4 members (excludes halogenated alkanes) is 16. The van der Waals surface area contributed by atoms with Gasteiger partial charge in [0.15, 0.2) is 6.10 Å². The standard InChI is InChI=1S/C49H82O6/c1-4-7-10-13-16-19-21-23-24-26-27-30-33-36-39-42-48(51)54-45-46(44-53-47(50)41-38-35-32-29-18-15-12-9-6-3)55-49(52)43-40-37-34-31-28-25-22-20-17-14-11-8-5-2/h7-8,10-11,16-17,19-20,23-25,28,46H,4-6,9,12-15,18,21-22,26-27,29-45H2,1-3H3/b10-7-,11-8-,19-16-,20-17-,24-23-,28-25-. The van der Waals surface area contributed by atoms with Gasteiger partial charge in [0.25, 0.3) is 0 Å². The Hall–Kier alpha value is -3.15. The molecule has 314 valence electrons. The van der Waals surface area contributed by atoms with Crippen LogP contribution in [0.2, 0.25) is 0 Å². The number of ether oxygens (including phenoxy) is 3. The number of allylic oxidation sites excluding steroid dienone is 12. The summed E-state index contributed by atoms with van der Waals surface area (Å²) in [7, 11) is 0. The highest BCUT2D eigenvalue weighted by atomic mass is 16.6. The smallest absolute Gasteiger partial charge is 0.306 e. The Morgan fingerprint density at radius 3 is 1.13 bits per heavy atom. The Balaban J connectivity index is 4.44. The lowest BCUT2D eigenvalue weighted by Crippen LogP contribution is -2.30. The van der Waals surface area contributed by atoms with E-state index in [4.69, 9.17) is 14.2 Å². The average Bonchev–Trinajstić information content (AvgIpc) is 3.18. The van der Waals surface area contributed by atoms with Gasteiger partial charge in [-0.3, -0.25) is 14.4 Å². The fourth-order valence-corrected chi connectivity index (χ4v) is 5.88. The molecule has 0 aromatic heterocycles. The molecular weight excluding hydrogens is 685 g/mol. The fourth-order valence-electron chi connectivity index (χ4n) is 5.88. The highest BCUT2D eigenvalue weighted by Crippen LogP contribution is 2.13. The van der Waals surface area contributed by atoms with Crippen LogP contribution in [0.5, 0.6) is 0 Å². The average molecular weight is 767 g/mol. The molecule has 0 spiro atoms. The number of carbonyl (C=O) groups is 3. The summed E-state index contributed by atoms with van der Waals surface area (Å²) in [4.78, 5) is 37.7. The van der Waals surface area contributed by atoms with Crippen molar-refractivity contribution in [3.8, 4) is 0 Å². The van der Waals surface area contributed by atoms with Crippen molar-refractivity contribution < 1.29 is 28.6 Å². The maximum Gasteiger partial charge on any atom is 0.306 e. The molecule has 0 aliphatic heterocycles. The lowest BCUT2D eigenvalue weighted by molar-refractivity contribution is -0.167. The predicted octanol–water partition coefficient (Wildman–Crippen LogP) is 14.3. The Bertz CT molecular complexity index is 1070. The molecule has 0 rings (SSSR count). The van der Waals surface area contributed by atoms with E-state index in [1.54, 1.807) is 0 Å². The van der Waals surface area contributed by atoms with E-state index in [-0.39, 0.29) is 31.1 Å². The number of rotatable bonds is 39. The molecule has 6 heteroatoms. The lowest BCUT2D eigenvalue weighted by atomic mass is 10.1. The maximum atomic E-state index is 12.7. The van der Waals surface area contributed by atoms with Crippen LogP contribution in [0.3, 0.4) is 0 Å². The zero-order valence-electron chi connectivity index (χ0n) is 35.7. The van der Waals surface area contributed by atoms with E-state index in [0.717, 1.165) is 122 Å². The maximum absolute atomic E-state index is 12.7. The SMILES string of the molecule is CC/C=C\C/C=C\C/C=C\CCCCCCCC(=O)OCC(COC(=O)CCCCCCCCCCC)OC(=O)CCCCC/C=C\C/C=C\C/C=C\CC. The summed E-state index contributed by atoms with van der Waals surface area (Å²) in [5, 5.41) is 0. The molecule has 0 aliphatic carbocycles. The molecule has 0 heterocycles. The molecule has 0 saturated carbocycles. The minimum Gasteiger partial charge on any atom is -0.462 e. The minimum atomic E-state index is -0.793. The summed E-state index contributed by atoms with van der Waals surface area (Å²) in [6.07, 6.45) is 53.1. The second-order valence-corrected chi connectivity index (χ2v) is 14.5. The zero-order chi connectivity index (χ0) is 40.1.